The van der Waals surface area contributed by atoms with Gasteiger partial charge < -0.3 is 20.5 Å². The zero-order valence-electron chi connectivity index (χ0n) is 10.1. The van der Waals surface area contributed by atoms with Crippen LogP contribution in [0.5, 0.6) is 0 Å². The maximum Gasteiger partial charge on any atom is 0.363 e. The van der Waals surface area contributed by atoms with Crippen LogP contribution in [0.2, 0.25) is 0 Å². The molecule has 6 nitrogen and oxygen atoms in total. The lowest BCUT2D eigenvalue weighted by molar-refractivity contribution is -0.389. The number of hydrogen-bond acceptors (Lipinski definition) is 5. The van der Waals surface area contributed by atoms with E-state index in [2.05, 4.69) is 10.3 Å². The Morgan fingerprint density at radius 3 is 2.53 bits per heavy atom. The van der Waals surface area contributed by atoms with E-state index in [0.717, 1.165) is 5.56 Å². The van der Waals surface area contributed by atoms with Crippen LogP contribution in [-0.2, 0) is 0 Å². The Morgan fingerprint density at radius 2 is 2.00 bits per heavy atom. The summed E-state index contributed by atoms with van der Waals surface area (Å²) in [5.41, 5.74) is 1.55. The Bertz CT molecular complexity index is 543. The van der Waals surface area contributed by atoms with Crippen molar-refractivity contribution in [2.75, 3.05) is 11.9 Å². The van der Waals surface area contributed by atoms with Gasteiger partial charge in [0.05, 0.1) is 18.3 Å². The number of hydrogen-bond donors (Lipinski definition) is 2. The minimum atomic E-state index is -0.551. The number of rotatable bonds is 5. The predicted octanol–water partition coefficient (Wildman–Crippen LogP) is 2.14. The molecule has 1 atom stereocenters. The van der Waals surface area contributed by atoms with Crippen molar-refractivity contribution >= 4 is 11.5 Å². The van der Waals surface area contributed by atoms with E-state index in [1.54, 1.807) is 6.07 Å². The maximum atomic E-state index is 10.5. The highest BCUT2D eigenvalue weighted by Gasteiger charge is 2.12. The number of pyridine rings is 1. The first kappa shape index (κ1) is 13.0. The third-order valence-corrected chi connectivity index (χ3v) is 2.66. The molecule has 2 rings (SSSR count). The van der Waals surface area contributed by atoms with E-state index in [0.29, 0.717) is 5.69 Å². The van der Waals surface area contributed by atoms with Gasteiger partial charge in [0.1, 0.15) is 0 Å². The Morgan fingerprint density at radius 1 is 1.26 bits per heavy atom. The van der Waals surface area contributed by atoms with Gasteiger partial charge in [-0.3, -0.25) is 0 Å². The van der Waals surface area contributed by atoms with E-state index >= 15 is 0 Å². The van der Waals surface area contributed by atoms with Crippen LogP contribution < -0.4 is 5.32 Å². The van der Waals surface area contributed by atoms with Gasteiger partial charge in [-0.05, 0) is 21.5 Å². The summed E-state index contributed by atoms with van der Waals surface area (Å²) >= 11 is 0. The number of nitrogens with zero attached hydrogens (tertiary/aromatic N) is 2. The van der Waals surface area contributed by atoms with E-state index in [9.17, 15) is 15.2 Å². The molecule has 0 saturated heterocycles. The fraction of sp³-hybridized carbons (Fsp3) is 0.154. The van der Waals surface area contributed by atoms with E-state index in [1.165, 1.54) is 12.3 Å². The number of nitro groups is 1. The first-order chi connectivity index (χ1) is 9.20. The molecular weight excluding hydrogens is 246 g/mol. The highest BCUT2D eigenvalue weighted by Crippen LogP contribution is 2.19. The highest BCUT2D eigenvalue weighted by molar-refractivity contribution is 5.45. The summed E-state index contributed by atoms with van der Waals surface area (Å²) in [5.74, 6) is -0.203. The average molecular weight is 259 g/mol. The molecule has 6 heteroatoms. The fourth-order valence-electron chi connectivity index (χ4n) is 1.70. The molecule has 0 radical (unpaired) electrons. The van der Waals surface area contributed by atoms with Crippen molar-refractivity contribution in [3.63, 3.8) is 0 Å². The van der Waals surface area contributed by atoms with E-state index in [-0.39, 0.29) is 18.5 Å². The molecule has 2 aromatic rings. The molecule has 0 saturated carbocycles. The smallest absolute Gasteiger partial charge is 0.363 e. The zero-order valence-corrected chi connectivity index (χ0v) is 10.1. The van der Waals surface area contributed by atoms with E-state index in [4.69, 9.17) is 0 Å². The van der Waals surface area contributed by atoms with Crippen LogP contribution in [0.25, 0.3) is 0 Å². The van der Waals surface area contributed by atoms with Gasteiger partial charge in [-0.25, -0.2) is 0 Å². The minimum absolute atomic E-state index is 0.0823. The predicted molar refractivity (Wildman–Crippen MR) is 70.8 cm³/mol. The molecule has 19 heavy (non-hydrogen) atoms. The van der Waals surface area contributed by atoms with Crippen molar-refractivity contribution in [1.82, 2.24) is 4.98 Å². The summed E-state index contributed by atoms with van der Waals surface area (Å²) in [6.45, 7) is -0.0823. The van der Waals surface area contributed by atoms with Gasteiger partial charge in [-0.15, -0.1) is 0 Å². The van der Waals surface area contributed by atoms with Crippen molar-refractivity contribution < 1.29 is 10.0 Å². The summed E-state index contributed by atoms with van der Waals surface area (Å²) in [7, 11) is 0. The normalized spacial score (nSPS) is 11.8. The van der Waals surface area contributed by atoms with E-state index in [1.807, 2.05) is 30.3 Å². The number of aliphatic hydroxyl groups is 1. The molecule has 0 aliphatic carbocycles. The second kappa shape index (κ2) is 5.92. The lowest BCUT2D eigenvalue weighted by Crippen LogP contribution is -2.14. The third kappa shape index (κ3) is 3.26. The standard InChI is InChI=1S/C13H13N3O3/c17-9-12(10-4-2-1-3-5-10)15-11-6-7-13(14-8-11)16(18)19/h1-8,12,15,17H,9H2. The van der Waals surface area contributed by atoms with Gasteiger partial charge in [0, 0.05) is 6.07 Å². The van der Waals surface area contributed by atoms with Gasteiger partial charge in [0.15, 0.2) is 6.20 Å². The molecule has 0 spiro atoms. The maximum absolute atomic E-state index is 10.5. The van der Waals surface area contributed by atoms with Gasteiger partial charge in [-0.2, -0.15) is 0 Å². The number of aliphatic hydroxyl groups excluding tert-OH is 1. The second-order valence-electron chi connectivity index (χ2n) is 3.95. The number of benzene rings is 1. The van der Waals surface area contributed by atoms with Crippen LogP contribution in [-0.4, -0.2) is 21.6 Å². The fourth-order valence-corrected chi connectivity index (χ4v) is 1.70. The summed E-state index contributed by atoms with van der Waals surface area (Å²) < 4.78 is 0. The molecule has 98 valence electrons. The van der Waals surface area contributed by atoms with Crippen molar-refractivity contribution in [3.8, 4) is 0 Å². The molecule has 1 aromatic heterocycles. The number of nitrogens with one attached hydrogen (secondary N) is 1. The van der Waals surface area contributed by atoms with Crippen LogP contribution in [0.1, 0.15) is 11.6 Å². The number of aromatic nitrogens is 1. The Kier molecular flexibility index (Phi) is 4.04. The third-order valence-electron chi connectivity index (χ3n) is 2.66. The van der Waals surface area contributed by atoms with Gasteiger partial charge in [-0.1, -0.05) is 30.3 Å². The topological polar surface area (TPSA) is 88.3 Å². The largest absolute Gasteiger partial charge is 0.394 e. The molecule has 1 aromatic carbocycles. The second-order valence-corrected chi connectivity index (χ2v) is 3.95. The van der Waals surface area contributed by atoms with Crippen LogP contribution in [0, 0.1) is 10.1 Å². The SMILES string of the molecule is O=[N+]([O-])c1ccc(NC(CO)c2ccccc2)cn1. The molecule has 2 N–H and O–H groups in total. The molecule has 0 amide bonds. The van der Waals surface area contributed by atoms with Gasteiger partial charge in [0.25, 0.3) is 0 Å². The zero-order chi connectivity index (χ0) is 13.7. The Balaban J connectivity index is 2.12. The van der Waals surface area contributed by atoms with Crippen molar-refractivity contribution in [3.05, 3.63) is 64.3 Å². The minimum Gasteiger partial charge on any atom is -0.394 e. The molecule has 0 bridgehead atoms. The summed E-state index contributed by atoms with van der Waals surface area (Å²) in [6.07, 6.45) is 1.38. The molecular formula is C13H13N3O3. The quantitative estimate of drug-likeness (QED) is 0.634. The lowest BCUT2D eigenvalue weighted by Gasteiger charge is -2.16. The lowest BCUT2D eigenvalue weighted by atomic mass is 10.1. The summed E-state index contributed by atoms with van der Waals surface area (Å²) in [4.78, 5) is 13.7. The van der Waals surface area contributed by atoms with Gasteiger partial charge in [0.2, 0.25) is 0 Å². The van der Waals surface area contributed by atoms with Crippen LogP contribution in [0.3, 0.4) is 0 Å². The van der Waals surface area contributed by atoms with Crippen molar-refractivity contribution in [2.24, 2.45) is 0 Å². The molecule has 1 unspecified atom stereocenters. The average Bonchev–Trinajstić information content (AvgIpc) is 2.46. The van der Waals surface area contributed by atoms with E-state index < -0.39 is 4.92 Å². The first-order valence-corrected chi connectivity index (χ1v) is 5.73. The summed E-state index contributed by atoms with van der Waals surface area (Å²) in [6, 6.07) is 12.1. The Hall–Kier alpha value is -2.47. The molecule has 1 heterocycles. The molecule has 0 aliphatic rings. The molecule has 0 aliphatic heterocycles. The van der Waals surface area contributed by atoms with Crippen LogP contribution >= 0.6 is 0 Å². The first-order valence-electron chi connectivity index (χ1n) is 5.73. The van der Waals surface area contributed by atoms with Gasteiger partial charge >= 0.3 is 5.82 Å². The van der Waals surface area contributed by atoms with Crippen molar-refractivity contribution in [1.29, 1.82) is 0 Å². The van der Waals surface area contributed by atoms with Crippen LogP contribution in [0.15, 0.2) is 48.7 Å². The Labute approximate surface area is 109 Å². The molecule has 0 fully saturated rings. The monoisotopic (exact) mass is 259 g/mol. The van der Waals surface area contributed by atoms with Crippen LogP contribution in [0.4, 0.5) is 11.5 Å². The number of anilines is 1. The highest BCUT2D eigenvalue weighted by atomic mass is 16.6. The summed E-state index contributed by atoms with van der Waals surface area (Å²) in [5, 5.41) is 23.0. The van der Waals surface area contributed by atoms with Crippen molar-refractivity contribution in [2.45, 2.75) is 6.04 Å².